The molecule has 10 heteroatoms. The average molecular weight is 422 g/mol. The maximum Gasteiger partial charge on any atom is 0.269 e. The number of anilines is 1. The number of aliphatic hydroxyl groups excluding tert-OH is 1. The Balaban J connectivity index is 1.80. The van der Waals surface area contributed by atoms with Crippen molar-refractivity contribution in [2.45, 2.75) is 17.2 Å². The lowest BCUT2D eigenvalue weighted by Crippen LogP contribution is -2.16. The van der Waals surface area contributed by atoms with Crippen LogP contribution in [0.1, 0.15) is 17.9 Å². The molecule has 2 unspecified atom stereocenters. The summed E-state index contributed by atoms with van der Waals surface area (Å²) in [5.41, 5.74) is 1.17. The maximum absolute atomic E-state index is 14.3. The Kier molecular flexibility index (Phi) is 4.83. The zero-order valence-corrected chi connectivity index (χ0v) is 16.5. The van der Waals surface area contributed by atoms with Gasteiger partial charge in [-0.2, -0.15) is 0 Å². The third kappa shape index (κ3) is 3.28. The molecule has 0 spiro atoms. The molecule has 0 aliphatic heterocycles. The van der Waals surface area contributed by atoms with Crippen LogP contribution in [0.2, 0.25) is 0 Å². The highest BCUT2D eigenvalue weighted by Crippen LogP contribution is 2.51. The van der Waals surface area contributed by atoms with E-state index in [2.05, 4.69) is 9.88 Å². The van der Waals surface area contributed by atoms with Crippen molar-refractivity contribution in [3.63, 3.8) is 0 Å². The van der Waals surface area contributed by atoms with Gasteiger partial charge in [-0.25, -0.2) is 12.8 Å². The highest BCUT2D eigenvalue weighted by atomic mass is 32.2. The van der Waals surface area contributed by atoms with E-state index >= 15 is 0 Å². The quantitative estimate of drug-likeness (QED) is 0.602. The van der Waals surface area contributed by atoms with E-state index in [0.29, 0.717) is 16.7 Å². The van der Waals surface area contributed by atoms with Gasteiger partial charge < -0.3 is 19.1 Å². The van der Waals surface area contributed by atoms with E-state index in [1.54, 1.807) is 6.07 Å². The first kappa shape index (κ1) is 19.5. The topological polar surface area (TPSA) is 111 Å². The second kappa shape index (κ2) is 7.20. The summed E-state index contributed by atoms with van der Waals surface area (Å²) in [5, 5.41) is 13.5. The van der Waals surface area contributed by atoms with Gasteiger partial charge in [0, 0.05) is 12.2 Å². The number of benzene rings is 2. The van der Waals surface area contributed by atoms with Crippen LogP contribution >= 0.6 is 0 Å². The van der Waals surface area contributed by atoms with Gasteiger partial charge in [-0.15, -0.1) is 0 Å². The minimum atomic E-state index is -4.37. The Labute approximate surface area is 166 Å². The molecule has 0 bridgehead atoms. The van der Waals surface area contributed by atoms with Crippen molar-refractivity contribution in [2.75, 3.05) is 25.5 Å². The van der Waals surface area contributed by atoms with Crippen molar-refractivity contribution >= 4 is 26.8 Å². The number of ether oxygens (including phenoxy) is 2. The highest BCUT2D eigenvalue weighted by Gasteiger charge is 2.40. The monoisotopic (exact) mass is 422 g/mol. The van der Waals surface area contributed by atoms with Crippen LogP contribution in [-0.4, -0.2) is 39.5 Å². The largest absolute Gasteiger partial charge is 0.496 e. The summed E-state index contributed by atoms with van der Waals surface area (Å²) >= 11 is 0. The van der Waals surface area contributed by atoms with Gasteiger partial charge in [0.05, 0.1) is 14.2 Å². The van der Waals surface area contributed by atoms with Crippen LogP contribution in [0.4, 0.5) is 10.2 Å². The molecule has 1 fully saturated rings. The number of rotatable bonds is 7. The summed E-state index contributed by atoms with van der Waals surface area (Å²) in [6.07, 6.45) is 0.798. The number of aliphatic hydroxyl groups is 1. The number of hydrogen-bond donors (Lipinski definition) is 2. The first-order valence-corrected chi connectivity index (χ1v) is 10.3. The molecule has 2 N–H and O–H groups in total. The first-order valence-electron chi connectivity index (χ1n) is 8.83. The molecule has 3 aromatic rings. The molecule has 1 aliphatic carbocycles. The van der Waals surface area contributed by atoms with Gasteiger partial charge in [0.1, 0.15) is 22.7 Å². The summed E-state index contributed by atoms with van der Waals surface area (Å²) in [6, 6.07) is 7.22. The standard InChI is InChI=1S/C19H19FN2O6S/c1-26-14-7-6-11(12-8-10(12)9-23)17-16(14)19(21-28-17)22-29(24,25)18-13(20)4-3-5-15(18)27-2/h3-7,10,12,23H,8-9H2,1-2H3,(H,21,22). The normalized spacial score (nSPS) is 18.6. The fraction of sp³-hybridized carbons (Fsp3) is 0.316. The second-order valence-corrected chi connectivity index (χ2v) is 8.37. The number of fused-ring (bicyclic) bond motifs is 1. The number of nitrogens with one attached hydrogen (secondary N) is 1. The molecule has 1 saturated carbocycles. The van der Waals surface area contributed by atoms with Crippen LogP contribution in [0.15, 0.2) is 39.8 Å². The van der Waals surface area contributed by atoms with Gasteiger partial charge in [0.25, 0.3) is 10.0 Å². The maximum atomic E-state index is 14.3. The summed E-state index contributed by atoms with van der Waals surface area (Å²) in [4.78, 5) is -0.628. The Morgan fingerprint density at radius 2 is 2.00 bits per heavy atom. The molecule has 0 amide bonds. The second-order valence-electron chi connectivity index (χ2n) is 6.75. The fourth-order valence-corrected chi connectivity index (χ4v) is 4.73. The minimum absolute atomic E-state index is 0.0545. The smallest absolute Gasteiger partial charge is 0.269 e. The lowest BCUT2D eigenvalue weighted by Gasteiger charge is -2.11. The van der Waals surface area contributed by atoms with Crippen molar-refractivity contribution in [3.8, 4) is 11.5 Å². The average Bonchev–Trinajstić information content (AvgIpc) is 3.39. The van der Waals surface area contributed by atoms with E-state index < -0.39 is 20.7 Å². The Bertz CT molecular complexity index is 1180. The third-order valence-corrected chi connectivity index (χ3v) is 6.44. The summed E-state index contributed by atoms with van der Waals surface area (Å²) in [5.74, 6) is -0.644. The predicted octanol–water partition coefficient (Wildman–Crippen LogP) is 2.88. The Hall–Kier alpha value is -2.85. The number of hydrogen-bond acceptors (Lipinski definition) is 7. The molecule has 8 nitrogen and oxygen atoms in total. The number of halogens is 1. The van der Waals surface area contributed by atoms with Gasteiger partial charge in [0.15, 0.2) is 16.3 Å². The molecule has 2 atom stereocenters. The van der Waals surface area contributed by atoms with Gasteiger partial charge in [-0.05, 0) is 36.5 Å². The van der Waals surface area contributed by atoms with Crippen LogP contribution in [0, 0.1) is 11.7 Å². The van der Waals surface area contributed by atoms with Crippen LogP contribution in [0.25, 0.3) is 11.0 Å². The van der Waals surface area contributed by atoms with Gasteiger partial charge in [0.2, 0.25) is 0 Å². The molecule has 4 rings (SSSR count). The van der Waals surface area contributed by atoms with Crippen molar-refractivity contribution in [2.24, 2.45) is 5.92 Å². The van der Waals surface area contributed by atoms with E-state index in [0.717, 1.165) is 18.1 Å². The zero-order chi connectivity index (χ0) is 20.8. The molecule has 1 aromatic heterocycles. The van der Waals surface area contributed by atoms with Crippen LogP contribution < -0.4 is 14.2 Å². The van der Waals surface area contributed by atoms with E-state index in [-0.39, 0.29) is 30.0 Å². The van der Waals surface area contributed by atoms with E-state index in [1.807, 2.05) is 6.07 Å². The summed E-state index contributed by atoms with van der Waals surface area (Å²) < 4.78 is 58.1. The molecule has 29 heavy (non-hydrogen) atoms. The summed E-state index contributed by atoms with van der Waals surface area (Å²) in [6.45, 7) is 0.0545. The third-order valence-electron chi connectivity index (χ3n) is 5.04. The van der Waals surface area contributed by atoms with E-state index in [9.17, 15) is 17.9 Å². The highest BCUT2D eigenvalue weighted by molar-refractivity contribution is 7.92. The lowest BCUT2D eigenvalue weighted by molar-refractivity contribution is 0.274. The van der Waals surface area contributed by atoms with Crippen molar-refractivity contribution in [3.05, 3.63) is 41.7 Å². The SMILES string of the molecule is COc1cccc(F)c1S(=O)(=O)Nc1noc2c(C3CC3CO)ccc(OC)c12. The van der Waals surface area contributed by atoms with Crippen molar-refractivity contribution in [1.29, 1.82) is 0 Å². The molecule has 1 heterocycles. The van der Waals surface area contributed by atoms with Crippen LogP contribution in [0.5, 0.6) is 11.5 Å². The van der Waals surface area contributed by atoms with Crippen molar-refractivity contribution < 1.29 is 31.9 Å². The molecule has 1 aliphatic rings. The molecule has 154 valence electrons. The van der Waals surface area contributed by atoms with Crippen molar-refractivity contribution in [1.82, 2.24) is 5.16 Å². The molecule has 0 saturated heterocycles. The molecular weight excluding hydrogens is 403 g/mol. The number of nitrogens with zero attached hydrogens (tertiary/aromatic N) is 1. The van der Waals surface area contributed by atoms with E-state index in [4.69, 9.17) is 14.0 Å². The van der Waals surface area contributed by atoms with Gasteiger partial charge in [-0.1, -0.05) is 17.3 Å². The van der Waals surface area contributed by atoms with Crippen LogP contribution in [0.3, 0.4) is 0 Å². The molecule has 2 aromatic carbocycles. The van der Waals surface area contributed by atoms with Gasteiger partial charge in [-0.3, -0.25) is 4.72 Å². The minimum Gasteiger partial charge on any atom is -0.496 e. The zero-order valence-electron chi connectivity index (χ0n) is 15.7. The summed E-state index contributed by atoms with van der Waals surface area (Å²) in [7, 11) is -1.68. The number of methoxy groups -OCH3 is 2. The molecule has 0 radical (unpaired) electrons. The Morgan fingerprint density at radius 3 is 2.66 bits per heavy atom. The molecular formula is C19H19FN2O6S. The lowest BCUT2D eigenvalue weighted by atomic mass is 10.1. The fourth-order valence-electron chi connectivity index (χ4n) is 3.49. The Morgan fingerprint density at radius 1 is 1.24 bits per heavy atom. The number of aromatic nitrogens is 1. The first-order chi connectivity index (χ1) is 13.9. The van der Waals surface area contributed by atoms with Gasteiger partial charge >= 0.3 is 0 Å². The van der Waals surface area contributed by atoms with Crippen LogP contribution in [-0.2, 0) is 10.0 Å². The number of sulfonamides is 1. The van der Waals surface area contributed by atoms with E-state index in [1.165, 1.54) is 26.4 Å². The predicted molar refractivity (Wildman–Crippen MR) is 102 cm³/mol.